The monoisotopic (exact) mass is 429 g/mol. The Morgan fingerprint density at radius 1 is 1.33 bits per heavy atom. The zero-order valence-corrected chi connectivity index (χ0v) is 17.4. The summed E-state index contributed by atoms with van der Waals surface area (Å²) in [6.07, 6.45) is 2.07. The fraction of sp³-hybridized carbons (Fsp3) is 0.333. The molecular weight excluding hydrogens is 409 g/mol. The third-order valence-corrected chi connectivity index (χ3v) is 5.21. The fourth-order valence-corrected chi connectivity index (χ4v) is 3.59. The lowest BCUT2D eigenvalue weighted by molar-refractivity contribution is 0.0905. The van der Waals surface area contributed by atoms with Crippen molar-refractivity contribution in [2.24, 2.45) is 0 Å². The highest BCUT2D eigenvalue weighted by atomic mass is 35.5. The molecule has 1 fully saturated rings. The predicted molar refractivity (Wildman–Crippen MR) is 110 cm³/mol. The van der Waals surface area contributed by atoms with E-state index in [-0.39, 0.29) is 17.0 Å². The molecule has 0 saturated heterocycles. The minimum absolute atomic E-state index is 0.168. The van der Waals surface area contributed by atoms with Crippen LogP contribution in [0.3, 0.4) is 0 Å². The van der Waals surface area contributed by atoms with Gasteiger partial charge in [0.25, 0.3) is 5.91 Å². The molecule has 3 aromatic rings. The third-order valence-electron chi connectivity index (χ3n) is 4.90. The number of benzene rings is 2. The number of aromatic nitrogens is 4. The summed E-state index contributed by atoms with van der Waals surface area (Å²) in [5.41, 5.74) is 2.34. The molecule has 2 aromatic carbocycles. The number of amides is 1. The Balaban J connectivity index is 1.79. The SMILES string of the molecule is COCC(C)NC(=O)c1cc(-c2ccc(F)cc2Cl)cc(-n2nnnc2C2CC2)c1. The van der Waals surface area contributed by atoms with Gasteiger partial charge in [0.2, 0.25) is 0 Å². The number of nitrogens with one attached hydrogen (secondary N) is 1. The second-order valence-electron chi connectivity index (χ2n) is 7.45. The normalized spacial score (nSPS) is 14.5. The van der Waals surface area contributed by atoms with Gasteiger partial charge < -0.3 is 10.1 Å². The molecule has 0 aliphatic heterocycles. The topological polar surface area (TPSA) is 81.9 Å². The van der Waals surface area contributed by atoms with Crippen LogP contribution < -0.4 is 5.32 Å². The van der Waals surface area contributed by atoms with Crippen molar-refractivity contribution in [3.63, 3.8) is 0 Å². The smallest absolute Gasteiger partial charge is 0.251 e. The summed E-state index contributed by atoms with van der Waals surface area (Å²) in [6, 6.07) is 9.30. The molecule has 1 atom stereocenters. The molecule has 0 radical (unpaired) electrons. The summed E-state index contributed by atoms with van der Waals surface area (Å²) in [7, 11) is 1.58. The van der Waals surface area contributed by atoms with E-state index in [2.05, 4.69) is 20.8 Å². The van der Waals surface area contributed by atoms with Crippen LogP contribution in [0.25, 0.3) is 16.8 Å². The molecule has 9 heteroatoms. The van der Waals surface area contributed by atoms with E-state index in [1.807, 2.05) is 13.0 Å². The van der Waals surface area contributed by atoms with E-state index in [4.69, 9.17) is 16.3 Å². The van der Waals surface area contributed by atoms with Crippen molar-refractivity contribution in [1.29, 1.82) is 0 Å². The number of methoxy groups -OCH3 is 1. The van der Waals surface area contributed by atoms with E-state index >= 15 is 0 Å². The van der Waals surface area contributed by atoms with Gasteiger partial charge in [-0.15, -0.1) is 5.10 Å². The van der Waals surface area contributed by atoms with Gasteiger partial charge in [-0.1, -0.05) is 11.6 Å². The summed E-state index contributed by atoms with van der Waals surface area (Å²) in [5, 5.41) is 15.2. The number of halogens is 2. The number of hydrogen-bond acceptors (Lipinski definition) is 5. The van der Waals surface area contributed by atoms with Crippen molar-refractivity contribution in [2.45, 2.75) is 31.7 Å². The molecule has 1 amide bonds. The quantitative estimate of drug-likeness (QED) is 0.618. The van der Waals surface area contributed by atoms with Crippen LogP contribution in [0.15, 0.2) is 36.4 Å². The van der Waals surface area contributed by atoms with Crippen molar-refractivity contribution in [2.75, 3.05) is 13.7 Å². The number of carbonyl (C=O) groups excluding carboxylic acids is 1. The van der Waals surface area contributed by atoms with E-state index in [1.165, 1.54) is 12.1 Å². The first-order valence-electron chi connectivity index (χ1n) is 9.65. The van der Waals surface area contributed by atoms with E-state index in [0.29, 0.717) is 34.9 Å². The molecule has 7 nitrogen and oxygen atoms in total. The molecule has 1 aliphatic rings. The van der Waals surface area contributed by atoms with E-state index in [9.17, 15) is 9.18 Å². The second-order valence-corrected chi connectivity index (χ2v) is 7.85. The number of rotatable bonds is 7. The number of ether oxygens (including phenoxy) is 1. The van der Waals surface area contributed by atoms with Crippen molar-refractivity contribution in [1.82, 2.24) is 25.5 Å². The lowest BCUT2D eigenvalue weighted by Crippen LogP contribution is -2.35. The maximum Gasteiger partial charge on any atom is 0.251 e. The van der Waals surface area contributed by atoms with Crippen LogP contribution in [0.4, 0.5) is 4.39 Å². The summed E-state index contributed by atoms with van der Waals surface area (Å²) in [6.45, 7) is 2.25. The molecule has 1 unspecified atom stereocenters. The molecule has 4 rings (SSSR count). The molecule has 1 aliphatic carbocycles. The van der Waals surface area contributed by atoms with Gasteiger partial charge in [-0.2, -0.15) is 4.68 Å². The maximum atomic E-state index is 13.5. The molecule has 30 heavy (non-hydrogen) atoms. The first-order valence-corrected chi connectivity index (χ1v) is 10.0. The predicted octanol–water partition coefficient (Wildman–Crippen LogP) is 3.76. The van der Waals surface area contributed by atoms with Crippen LogP contribution in [-0.4, -0.2) is 45.9 Å². The Bertz CT molecular complexity index is 1080. The zero-order chi connectivity index (χ0) is 21.3. The molecular formula is C21H21ClFN5O2. The average Bonchev–Trinajstić information content (AvgIpc) is 3.44. The second kappa shape index (κ2) is 8.49. The van der Waals surface area contributed by atoms with Gasteiger partial charge in [0.05, 0.1) is 17.3 Å². The standard InChI is InChI=1S/C21H21ClFN5O2/c1-12(11-30-2)24-21(29)15-7-14(18-6-5-16(23)10-19(18)22)8-17(9-15)28-20(13-3-4-13)25-26-27-28/h5-10,12-13H,3-4,11H2,1-2H3,(H,24,29). The number of tetrazole rings is 1. The Labute approximate surface area is 178 Å². The Hall–Kier alpha value is -2.84. The number of hydrogen-bond donors (Lipinski definition) is 1. The van der Waals surface area contributed by atoms with Crippen LogP contribution in [0.1, 0.15) is 41.9 Å². The lowest BCUT2D eigenvalue weighted by Gasteiger charge is -2.15. The van der Waals surface area contributed by atoms with E-state index < -0.39 is 5.82 Å². The molecule has 0 spiro atoms. The van der Waals surface area contributed by atoms with Gasteiger partial charge in [0.15, 0.2) is 5.82 Å². The highest BCUT2D eigenvalue weighted by molar-refractivity contribution is 6.33. The van der Waals surface area contributed by atoms with Gasteiger partial charge in [0, 0.05) is 30.2 Å². The van der Waals surface area contributed by atoms with Crippen molar-refractivity contribution < 1.29 is 13.9 Å². The summed E-state index contributed by atoms with van der Waals surface area (Å²) in [4.78, 5) is 12.9. The fourth-order valence-electron chi connectivity index (χ4n) is 3.32. The first kappa shape index (κ1) is 20.4. The summed E-state index contributed by atoms with van der Waals surface area (Å²) >= 11 is 6.29. The minimum Gasteiger partial charge on any atom is -0.383 e. The molecule has 1 N–H and O–H groups in total. The van der Waals surface area contributed by atoms with Gasteiger partial charge in [-0.05, 0) is 72.2 Å². The van der Waals surface area contributed by atoms with Crippen LogP contribution in [0.2, 0.25) is 5.02 Å². The Morgan fingerprint density at radius 3 is 2.83 bits per heavy atom. The van der Waals surface area contributed by atoms with Crippen LogP contribution in [0.5, 0.6) is 0 Å². The highest BCUT2D eigenvalue weighted by Gasteiger charge is 2.30. The van der Waals surface area contributed by atoms with Crippen molar-refractivity contribution >= 4 is 17.5 Å². The van der Waals surface area contributed by atoms with Crippen LogP contribution in [-0.2, 0) is 4.74 Å². The van der Waals surface area contributed by atoms with E-state index in [1.54, 1.807) is 30.0 Å². The van der Waals surface area contributed by atoms with Gasteiger partial charge in [0.1, 0.15) is 5.82 Å². The molecule has 0 bridgehead atoms. The molecule has 1 aromatic heterocycles. The third kappa shape index (κ3) is 4.34. The van der Waals surface area contributed by atoms with Gasteiger partial charge >= 0.3 is 0 Å². The van der Waals surface area contributed by atoms with Gasteiger partial charge in [-0.3, -0.25) is 4.79 Å². The van der Waals surface area contributed by atoms with Crippen LogP contribution in [0, 0.1) is 5.82 Å². The van der Waals surface area contributed by atoms with Crippen molar-refractivity contribution in [3.8, 4) is 16.8 Å². The van der Waals surface area contributed by atoms with Crippen molar-refractivity contribution in [3.05, 3.63) is 58.6 Å². The maximum absolute atomic E-state index is 13.5. The highest BCUT2D eigenvalue weighted by Crippen LogP contribution is 2.39. The Morgan fingerprint density at radius 2 is 2.13 bits per heavy atom. The molecule has 1 saturated carbocycles. The van der Waals surface area contributed by atoms with Gasteiger partial charge in [-0.25, -0.2) is 4.39 Å². The largest absolute Gasteiger partial charge is 0.383 e. The average molecular weight is 430 g/mol. The first-order chi connectivity index (χ1) is 14.5. The summed E-state index contributed by atoms with van der Waals surface area (Å²) in [5.74, 6) is 0.387. The Kier molecular flexibility index (Phi) is 5.78. The number of nitrogens with zero attached hydrogens (tertiary/aromatic N) is 4. The zero-order valence-electron chi connectivity index (χ0n) is 16.6. The lowest BCUT2D eigenvalue weighted by atomic mass is 10.0. The minimum atomic E-state index is -0.428. The van der Waals surface area contributed by atoms with E-state index in [0.717, 1.165) is 18.7 Å². The summed E-state index contributed by atoms with van der Waals surface area (Å²) < 4.78 is 20.3. The molecule has 1 heterocycles. The molecule has 156 valence electrons. The van der Waals surface area contributed by atoms with Crippen LogP contribution >= 0.6 is 11.6 Å². The number of carbonyl (C=O) groups is 1.